The summed E-state index contributed by atoms with van der Waals surface area (Å²) in [5.41, 5.74) is 3.83. The molecule has 2 aliphatic rings. The summed E-state index contributed by atoms with van der Waals surface area (Å²) in [5, 5.41) is 5.50. The van der Waals surface area contributed by atoms with Gasteiger partial charge in [-0.15, -0.1) is 0 Å². The van der Waals surface area contributed by atoms with Crippen molar-refractivity contribution in [2.24, 2.45) is 5.92 Å². The predicted octanol–water partition coefficient (Wildman–Crippen LogP) is 8.06. The van der Waals surface area contributed by atoms with Crippen molar-refractivity contribution in [1.29, 1.82) is 0 Å². The van der Waals surface area contributed by atoms with Crippen LogP contribution < -0.4 is 15.1 Å². The van der Waals surface area contributed by atoms with Gasteiger partial charge in [0.1, 0.15) is 17.6 Å². The number of anilines is 2. The van der Waals surface area contributed by atoms with E-state index in [4.69, 9.17) is 39.8 Å². The highest BCUT2D eigenvalue weighted by Crippen LogP contribution is 2.44. The molecule has 4 heterocycles. The Hall–Kier alpha value is -3.06. The molecule has 4 aromatic rings. The summed E-state index contributed by atoms with van der Waals surface area (Å²) in [6.45, 7) is 4.36. The average molecular weight is 564 g/mol. The maximum Gasteiger partial charge on any atom is 0.174 e. The largest absolute Gasteiger partial charge is 0.459 e. The van der Waals surface area contributed by atoms with Crippen LogP contribution in [-0.4, -0.2) is 23.2 Å². The minimum atomic E-state index is -0.254. The number of hydrogen-bond acceptors (Lipinski definition) is 4. The molecule has 2 atom stereocenters. The smallest absolute Gasteiger partial charge is 0.174 e. The molecule has 2 aromatic heterocycles. The van der Waals surface area contributed by atoms with Crippen molar-refractivity contribution in [3.8, 4) is 11.3 Å². The molecule has 0 aliphatic carbocycles. The fourth-order valence-electron chi connectivity index (χ4n) is 5.35. The molecular formula is C30H28Cl2N4OS. The first-order valence-electron chi connectivity index (χ1n) is 12.9. The van der Waals surface area contributed by atoms with Crippen LogP contribution in [0.15, 0.2) is 83.4 Å². The first-order chi connectivity index (χ1) is 18.5. The number of pyridine rings is 1. The number of piperidine rings is 1. The van der Waals surface area contributed by atoms with E-state index in [-0.39, 0.29) is 12.1 Å². The molecule has 6 rings (SSSR count). The monoisotopic (exact) mass is 562 g/mol. The molecule has 2 aromatic carbocycles. The zero-order valence-electron chi connectivity index (χ0n) is 21.0. The quantitative estimate of drug-likeness (QED) is 0.248. The number of aromatic nitrogens is 1. The van der Waals surface area contributed by atoms with Crippen LogP contribution in [0.3, 0.4) is 0 Å². The highest BCUT2D eigenvalue weighted by atomic mass is 35.5. The van der Waals surface area contributed by atoms with E-state index in [1.54, 1.807) is 6.20 Å². The Morgan fingerprint density at radius 1 is 0.974 bits per heavy atom. The Labute approximate surface area is 238 Å². The van der Waals surface area contributed by atoms with E-state index in [0.29, 0.717) is 10.1 Å². The lowest BCUT2D eigenvalue weighted by Gasteiger charge is -2.33. The number of furan rings is 1. The van der Waals surface area contributed by atoms with Gasteiger partial charge in [-0.3, -0.25) is 4.98 Å². The van der Waals surface area contributed by atoms with Crippen LogP contribution in [0.5, 0.6) is 0 Å². The summed E-state index contributed by atoms with van der Waals surface area (Å²) < 4.78 is 6.45. The molecule has 0 spiro atoms. The van der Waals surface area contributed by atoms with Gasteiger partial charge >= 0.3 is 0 Å². The highest BCUT2D eigenvalue weighted by Gasteiger charge is 2.42. The Balaban J connectivity index is 1.37. The van der Waals surface area contributed by atoms with Crippen LogP contribution in [0.1, 0.15) is 43.3 Å². The standard InChI is InChI=1S/C30H28Cl2N4OS/c1-19-13-16-35(17-14-19)25-10-9-22(18-23(25)32)36-29(28(34-30(36)38)24-4-2-3-15-33-24)27-12-11-26(37-27)20-5-7-21(31)8-6-20/h2-12,15,18-19,28-29H,13-14,16-17H2,1H3,(H,34,38)/t28-,29-/m0/s1. The number of halogens is 2. The summed E-state index contributed by atoms with van der Waals surface area (Å²) >= 11 is 18.9. The van der Waals surface area contributed by atoms with Gasteiger partial charge in [-0.25, -0.2) is 0 Å². The number of thiocarbonyl (C=S) groups is 1. The van der Waals surface area contributed by atoms with Crippen LogP contribution >= 0.6 is 35.4 Å². The molecule has 5 nitrogen and oxygen atoms in total. The number of benzene rings is 2. The molecule has 38 heavy (non-hydrogen) atoms. The molecule has 2 aliphatic heterocycles. The molecule has 0 bridgehead atoms. The topological polar surface area (TPSA) is 44.5 Å². The lowest BCUT2D eigenvalue weighted by atomic mass is 9.98. The van der Waals surface area contributed by atoms with Gasteiger partial charge in [0.25, 0.3) is 0 Å². The molecule has 2 saturated heterocycles. The Morgan fingerprint density at radius 3 is 2.47 bits per heavy atom. The molecule has 8 heteroatoms. The van der Waals surface area contributed by atoms with Crippen molar-refractivity contribution in [3.05, 3.63) is 100 Å². The number of hydrogen-bond donors (Lipinski definition) is 1. The summed E-state index contributed by atoms with van der Waals surface area (Å²) in [6.07, 6.45) is 4.16. The van der Waals surface area contributed by atoms with Crippen molar-refractivity contribution >= 4 is 51.9 Å². The Morgan fingerprint density at radius 2 is 1.76 bits per heavy atom. The molecular weight excluding hydrogens is 535 g/mol. The lowest BCUT2D eigenvalue weighted by molar-refractivity contribution is 0.438. The molecule has 0 radical (unpaired) electrons. The highest BCUT2D eigenvalue weighted by molar-refractivity contribution is 7.80. The first-order valence-corrected chi connectivity index (χ1v) is 14.0. The maximum atomic E-state index is 6.89. The van der Waals surface area contributed by atoms with Gasteiger partial charge in [-0.2, -0.15) is 0 Å². The number of nitrogens with zero attached hydrogens (tertiary/aromatic N) is 3. The summed E-state index contributed by atoms with van der Waals surface area (Å²) in [7, 11) is 0. The Bertz CT molecular complexity index is 1430. The van der Waals surface area contributed by atoms with E-state index >= 15 is 0 Å². The van der Waals surface area contributed by atoms with Gasteiger partial charge in [0, 0.05) is 35.6 Å². The Kier molecular flexibility index (Phi) is 7.04. The van der Waals surface area contributed by atoms with Gasteiger partial charge < -0.3 is 19.5 Å². The molecule has 0 unspecified atom stereocenters. The van der Waals surface area contributed by atoms with Crippen molar-refractivity contribution in [2.75, 3.05) is 22.9 Å². The van der Waals surface area contributed by atoms with Crippen LogP contribution in [0, 0.1) is 5.92 Å². The second kappa shape index (κ2) is 10.6. The van der Waals surface area contributed by atoms with Gasteiger partial charge in [0.15, 0.2) is 5.11 Å². The van der Waals surface area contributed by atoms with Crippen molar-refractivity contribution in [1.82, 2.24) is 10.3 Å². The third-order valence-electron chi connectivity index (χ3n) is 7.48. The summed E-state index contributed by atoms with van der Waals surface area (Å²) in [6, 6.07) is 23.3. The molecule has 0 saturated carbocycles. The fraction of sp³-hybridized carbons (Fsp3) is 0.267. The SMILES string of the molecule is CC1CCN(c2ccc(N3C(=S)N[C@@H](c4ccccn4)[C@@H]3c3ccc(-c4ccc(Cl)cc4)o3)cc2Cl)CC1. The van der Waals surface area contributed by atoms with Crippen LogP contribution in [-0.2, 0) is 0 Å². The van der Waals surface area contributed by atoms with Crippen molar-refractivity contribution < 1.29 is 4.42 Å². The number of rotatable bonds is 5. The van der Waals surface area contributed by atoms with Crippen LogP contribution in [0.2, 0.25) is 10.0 Å². The van der Waals surface area contributed by atoms with Crippen LogP contribution in [0.4, 0.5) is 11.4 Å². The van der Waals surface area contributed by atoms with E-state index in [2.05, 4.69) is 39.2 Å². The lowest BCUT2D eigenvalue weighted by Crippen LogP contribution is -2.33. The second-order valence-corrected chi connectivity index (χ2v) is 11.2. The zero-order valence-corrected chi connectivity index (χ0v) is 23.3. The third-order valence-corrected chi connectivity index (χ3v) is 8.35. The summed E-state index contributed by atoms with van der Waals surface area (Å²) in [4.78, 5) is 9.11. The van der Waals surface area contributed by atoms with Crippen molar-refractivity contribution in [2.45, 2.75) is 31.8 Å². The normalized spacial score (nSPS) is 20.1. The van der Waals surface area contributed by atoms with E-state index in [1.807, 2.05) is 60.7 Å². The van der Waals surface area contributed by atoms with E-state index in [0.717, 1.165) is 58.2 Å². The average Bonchev–Trinajstić information content (AvgIpc) is 3.55. The van der Waals surface area contributed by atoms with Gasteiger partial charge in [0.05, 0.1) is 22.4 Å². The minimum Gasteiger partial charge on any atom is -0.459 e. The van der Waals surface area contributed by atoms with E-state index in [9.17, 15) is 0 Å². The fourth-order valence-corrected chi connectivity index (χ4v) is 6.12. The zero-order chi connectivity index (χ0) is 26.2. The molecule has 0 amide bonds. The summed E-state index contributed by atoms with van der Waals surface area (Å²) in [5.74, 6) is 2.30. The molecule has 194 valence electrons. The second-order valence-electron chi connectivity index (χ2n) is 10.0. The van der Waals surface area contributed by atoms with Gasteiger partial charge in [-0.05, 0) is 97.7 Å². The molecule has 2 fully saturated rings. The van der Waals surface area contributed by atoms with E-state index < -0.39 is 0 Å². The van der Waals surface area contributed by atoms with Gasteiger partial charge in [-0.1, -0.05) is 36.2 Å². The van der Waals surface area contributed by atoms with E-state index in [1.165, 1.54) is 12.8 Å². The van der Waals surface area contributed by atoms with Crippen LogP contribution in [0.25, 0.3) is 11.3 Å². The predicted molar refractivity (Wildman–Crippen MR) is 159 cm³/mol. The number of nitrogens with one attached hydrogen (secondary N) is 1. The van der Waals surface area contributed by atoms with Crippen molar-refractivity contribution in [3.63, 3.8) is 0 Å². The van der Waals surface area contributed by atoms with Gasteiger partial charge in [0.2, 0.25) is 0 Å². The maximum absolute atomic E-state index is 6.89. The first kappa shape index (κ1) is 25.2. The third kappa shape index (κ3) is 4.89. The minimum absolute atomic E-state index is 0.199. The molecule has 1 N–H and O–H groups in total.